The van der Waals surface area contributed by atoms with Gasteiger partial charge >= 0.3 is 6.03 Å². The van der Waals surface area contributed by atoms with Crippen molar-refractivity contribution in [2.75, 3.05) is 33.4 Å². The number of hydrogen-bond acceptors (Lipinski definition) is 5. The summed E-state index contributed by atoms with van der Waals surface area (Å²) in [6.45, 7) is 1.15. The van der Waals surface area contributed by atoms with Crippen LogP contribution < -0.4 is 15.4 Å². The first-order valence-electron chi connectivity index (χ1n) is 8.56. The number of amides is 3. The van der Waals surface area contributed by atoms with Gasteiger partial charge in [-0.25, -0.2) is 4.79 Å². The Labute approximate surface area is 151 Å². The number of fused-ring (bicyclic) bond motifs is 1. The summed E-state index contributed by atoms with van der Waals surface area (Å²) in [6, 6.07) is 8.50. The van der Waals surface area contributed by atoms with Crippen LogP contribution in [0, 0.1) is 0 Å². The fourth-order valence-electron chi connectivity index (χ4n) is 3.06. The number of ether oxygens (including phenoxy) is 1. The second-order valence-corrected chi connectivity index (χ2v) is 6.08. The third-order valence-electron chi connectivity index (χ3n) is 4.34. The predicted octanol–water partition coefficient (Wildman–Crippen LogP) is -0.415. The molecule has 26 heavy (non-hydrogen) atoms. The topological polar surface area (TPSA) is 107 Å². The van der Waals surface area contributed by atoms with Crippen molar-refractivity contribution in [3.8, 4) is 5.75 Å². The Morgan fingerprint density at radius 2 is 2.04 bits per heavy atom. The van der Waals surface area contributed by atoms with Gasteiger partial charge in [-0.2, -0.15) is 0 Å². The molecule has 0 bridgehead atoms. The van der Waals surface area contributed by atoms with Crippen LogP contribution in [0.5, 0.6) is 5.75 Å². The summed E-state index contributed by atoms with van der Waals surface area (Å²) < 4.78 is 5.69. The molecule has 9 heteroatoms. The molecule has 1 aromatic carbocycles. The molecule has 3 rings (SSSR count). The average molecular weight is 361 g/mol. The number of carbonyl (C=O) groups is 2. The van der Waals surface area contributed by atoms with Crippen molar-refractivity contribution in [3.05, 3.63) is 30.3 Å². The maximum Gasteiger partial charge on any atom is 0.325 e. The van der Waals surface area contributed by atoms with Gasteiger partial charge in [0.2, 0.25) is 0 Å². The van der Waals surface area contributed by atoms with Crippen molar-refractivity contribution in [2.24, 2.45) is 4.99 Å². The van der Waals surface area contributed by atoms with Crippen LogP contribution in [0.4, 0.5) is 4.79 Å². The van der Waals surface area contributed by atoms with Crippen LogP contribution in [0.3, 0.4) is 0 Å². The molecular formula is C17H23N5O4. The number of guanidine groups is 1. The minimum atomic E-state index is -0.563. The quantitative estimate of drug-likeness (QED) is 0.570. The molecular weight excluding hydrogens is 338 g/mol. The average Bonchev–Trinajstić information content (AvgIpc) is 3.01. The van der Waals surface area contributed by atoms with Crippen LogP contribution in [0.25, 0.3) is 0 Å². The number of aliphatic hydroxyl groups is 1. The van der Waals surface area contributed by atoms with Gasteiger partial charge in [-0.15, -0.1) is 0 Å². The van der Waals surface area contributed by atoms with Crippen LogP contribution in [0.1, 0.15) is 6.42 Å². The van der Waals surface area contributed by atoms with Gasteiger partial charge in [-0.3, -0.25) is 15.1 Å². The monoisotopic (exact) mass is 361 g/mol. The fourth-order valence-corrected chi connectivity index (χ4v) is 3.06. The largest absolute Gasteiger partial charge is 0.494 e. The van der Waals surface area contributed by atoms with Gasteiger partial charge in [-0.05, 0) is 18.6 Å². The third kappa shape index (κ3) is 3.72. The fraction of sp³-hybridized carbons (Fsp3) is 0.471. The molecule has 2 fully saturated rings. The van der Waals surface area contributed by atoms with Gasteiger partial charge in [0.15, 0.2) is 12.0 Å². The Bertz CT molecular complexity index is 681. The summed E-state index contributed by atoms with van der Waals surface area (Å²) in [5, 5.41) is 14.5. The molecule has 3 N–H and O–H groups in total. The van der Waals surface area contributed by atoms with Crippen molar-refractivity contribution in [3.63, 3.8) is 0 Å². The molecule has 2 atom stereocenters. The van der Waals surface area contributed by atoms with Gasteiger partial charge in [0.25, 0.3) is 5.91 Å². The number of benzene rings is 1. The Hall–Kier alpha value is -2.81. The molecule has 2 saturated heterocycles. The maximum absolute atomic E-state index is 12.3. The number of para-hydroxylation sites is 1. The number of rotatable bonds is 7. The van der Waals surface area contributed by atoms with E-state index in [1.54, 1.807) is 7.05 Å². The van der Waals surface area contributed by atoms with E-state index >= 15 is 0 Å². The molecule has 0 aromatic heterocycles. The van der Waals surface area contributed by atoms with E-state index in [0.717, 1.165) is 5.75 Å². The lowest BCUT2D eigenvalue weighted by Crippen LogP contribution is -2.64. The highest BCUT2D eigenvalue weighted by molar-refractivity contribution is 6.04. The molecule has 0 spiro atoms. The summed E-state index contributed by atoms with van der Waals surface area (Å²) in [5.41, 5.74) is 0. The smallest absolute Gasteiger partial charge is 0.325 e. The van der Waals surface area contributed by atoms with E-state index in [1.165, 1.54) is 4.90 Å². The Balaban J connectivity index is 1.65. The number of nitrogens with one attached hydrogen (secondary N) is 2. The van der Waals surface area contributed by atoms with E-state index in [-0.39, 0.29) is 19.1 Å². The van der Waals surface area contributed by atoms with Gasteiger partial charge < -0.3 is 25.0 Å². The van der Waals surface area contributed by atoms with E-state index in [4.69, 9.17) is 9.84 Å². The first kappa shape index (κ1) is 18.0. The molecule has 2 aliphatic heterocycles. The summed E-state index contributed by atoms with van der Waals surface area (Å²) in [6.07, 6.45) is 0.187. The second-order valence-electron chi connectivity index (χ2n) is 6.08. The summed E-state index contributed by atoms with van der Waals surface area (Å²) in [5.74, 6) is 0.939. The van der Waals surface area contributed by atoms with Crippen molar-refractivity contribution < 1.29 is 19.4 Å². The van der Waals surface area contributed by atoms with Gasteiger partial charge in [0.1, 0.15) is 11.9 Å². The lowest BCUT2D eigenvalue weighted by molar-refractivity contribution is -0.127. The highest BCUT2D eigenvalue weighted by Crippen LogP contribution is 2.21. The minimum Gasteiger partial charge on any atom is -0.494 e. The third-order valence-corrected chi connectivity index (χ3v) is 4.34. The first-order valence-corrected chi connectivity index (χ1v) is 8.56. The molecule has 0 saturated carbocycles. The molecule has 140 valence electrons. The highest BCUT2D eigenvalue weighted by atomic mass is 16.5. The normalized spacial score (nSPS) is 23.7. The number of nitrogens with zero attached hydrogens (tertiary/aromatic N) is 3. The molecule has 2 aliphatic rings. The number of hydrogen-bond donors (Lipinski definition) is 3. The van der Waals surface area contributed by atoms with Crippen LogP contribution >= 0.6 is 0 Å². The first-order chi connectivity index (χ1) is 12.6. The zero-order valence-electron chi connectivity index (χ0n) is 14.6. The zero-order chi connectivity index (χ0) is 18.5. The molecule has 1 aromatic rings. The van der Waals surface area contributed by atoms with E-state index in [1.807, 2.05) is 35.2 Å². The van der Waals surface area contributed by atoms with Crippen LogP contribution in [0.15, 0.2) is 35.3 Å². The number of likely N-dealkylation sites (N-methyl/N-ethyl adjacent to an activating group) is 1. The van der Waals surface area contributed by atoms with Crippen molar-refractivity contribution >= 4 is 17.9 Å². The summed E-state index contributed by atoms with van der Waals surface area (Å²) in [4.78, 5) is 31.7. The number of aliphatic imine (C=N–C) groups is 1. The Morgan fingerprint density at radius 3 is 2.77 bits per heavy atom. The zero-order valence-corrected chi connectivity index (χ0v) is 14.6. The van der Waals surface area contributed by atoms with Gasteiger partial charge in [0.05, 0.1) is 19.8 Å². The summed E-state index contributed by atoms with van der Waals surface area (Å²) in [7, 11) is 1.62. The van der Waals surface area contributed by atoms with Crippen molar-refractivity contribution in [2.45, 2.75) is 18.6 Å². The standard InChI is InChI=1S/C17H23N5O4/c1-21-14-13(15(24)20-17(21)25)22(16(19-14)18-8-10-23)9-5-11-26-12-6-3-2-4-7-12/h2-4,6-7,13-14,23H,5,8-11H2,1H3,(H,18,19)(H,20,24,25). The van der Waals surface area contributed by atoms with Gasteiger partial charge in [0, 0.05) is 13.6 Å². The molecule has 2 unspecified atom stereocenters. The number of carbonyl (C=O) groups excluding carboxylic acids is 2. The SMILES string of the molecule is CN1C(=O)NC(=O)C2C1NC(=NCCO)N2CCCOc1ccccc1. The van der Waals surface area contributed by atoms with Crippen LogP contribution in [-0.4, -0.2) is 78.4 Å². The van der Waals surface area contributed by atoms with Crippen LogP contribution in [-0.2, 0) is 4.79 Å². The Kier molecular flexibility index (Phi) is 5.57. The van der Waals surface area contributed by atoms with Crippen molar-refractivity contribution in [1.82, 2.24) is 20.4 Å². The van der Waals surface area contributed by atoms with Crippen molar-refractivity contribution in [1.29, 1.82) is 0 Å². The number of imide groups is 1. The maximum atomic E-state index is 12.3. The second kappa shape index (κ2) is 8.05. The van der Waals surface area contributed by atoms with Gasteiger partial charge in [-0.1, -0.05) is 18.2 Å². The molecule has 9 nitrogen and oxygen atoms in total. The van der Waals surface area contributed by atoms with E-state index in [2.05, 4.69) is 15.6 Å². The molecule has 0 radical (unpaired) electrons. The number of aliphatic hydroxyl groups excluding tert-OH is 1. The summed E-state index contributed by atoms with van der Waals surface area (Å²) >= 11 is 0. The van der Waals surface area contributed by atoms with Crippen LogP contribution in [0.2, 0.25) is 0 Å². The lowest BCUT2D eigenvalue weighted by Gasteiger charge is -2.35. The van der Waals surface area contributed by atoms with E-state index in [9.17, 15) is 9.59 Å². The predicted molar refractivity (Wildman–Crippen MR) is 94.7 cm³/mol. The van der Waals surface area contributed by atoms with E-state index < -0.39 is 18.2 Å². The number of urea groups is 1. The lowest BCUT2D eigenvalue weighted by atomic mass is 10.1. The molecule has 0 aliphatic carbocycles. The van der Waals surface area contributed by atoms with E-state index in [0.29, 0.717) is 25.5 Å². The molecule has 2 heterocycles. The highest BCUT2D eigenvalue weighted by Gasteiger charge is 2.49. The minimum absolute atomic E-state index is 0.0908. The Morgan fingerprint density at radius 1 is 1.27 bits per heavy atom. The molecule has 3 amide bonds.